The van der Waals surface area contributed by atoms with Crippen LogP contribution in [0, 0.1) is 5.92 Å². The molecule has 154 valence electrons. The molecule has 5 heteroatoms. The van der Waals surface area contributed by atoms with Crippen molar-refractivity contribution in [3.8, 4) is 0 Å². The summed E-state index contributed by atoms with van der Waals surface area (Å²) in [5.74, 6) is 0.0101. The largest absolute Gasteiger partial charge is 0.469 e. The number of fused-ring (bicyclic) bond motifs is 1. The van der Waals surface area contributed by atoms with E-state index in [2.05, 4.69) is 23.1 Å². The summed E-state index contributed by atoms with van der Waals surface area (Å²) in [4.78, 5) is 14.3. The maximum Gasteiger partial charge on any atom is 0.308 e. The molecule has 0 spiro atoms. The highest BCUT2D eigenvalue weighted by Crippen LogP contribution is 2.38. The van der Waals surface area contributed by atoms with Crippen LogP contribution in [0.1, 0.15) is 47.6 Å². The van der Waals surface area contributed by atoms with Gasteiger partial charge in [0.15, 0.2) is 0 Å². The first-order chi connectivity index (χ1) is 14.1. The van der Waals surface area contributed by atoms with Crippen molar-refractivity contribution >= 4 is 29.2 Å². The zero-order valence-corrected chi connectivity index (χ0v) is 18.3. The Morgan fingerprint density at radius 3 is 2.48 bits per heavy atom. The zero-order valence-electron chi connectivity index (χ0n) is 16.8. The second kappa shape index (κ2) is 9.07. The van der Waals surface area contributed by atoms with Crippen molar-refractivity contribution < 1.29 is 9.53 Å². The number of carbonyl (C=O) groups excluding carboxylic acids is 1. The molecule has 4 rings (SSSR count). The fourth-order valence-electron chi connectivity index (χ4n) is 4.84. The predicted molar refractivity (Wildman–Crippen MR) is 118 cm³/mol. The van der Waals surface area contributed by atoms with Gasteiger partial charge in [0.1, 0.15) is 0 Å². The van der Waals surface area contributed by atoms with Gasteiger partial charge in [0, 0.05) is 16.1 Å². The van der Waals surface area contributed by atoms with E-state index < -0.39 is 0 Å². The monoisotopic (exact) mass is 431 g/mol. The van der Waals surface area contributed by atoms with E-state index in [1.165, 1.54) is 23.8 Å². The van der Waals surface area contributed by atoms with Crippen molar-refractivity contribution in [3.63, 3.8) is 0 Å². The molecule has 1 heterocycles. The van der Waals surface area contributed by atoms with Crippen LogP contribution in [0.2, 0.25) is 10.0 Å². The third kappa shape index (κ3) is 4.47. The summed E-state index contributed by atoms with van der Waals surface area (Å²) in [5, 5.41) is 1.49. The number of methoxy groups -OCH3 is 1. The summed E-state index contributed by atoms with van der Waals surface area (Å²) in [5.41, 5.74) is 5.29. The van der Waals surface area contributed by atoms with Crippen LogP contribution in [0.3, 0.4) is 0 Å². The Kier molecular flexibility index (Phi) is 6.48. The highest BCUT2D eigenvalue weighted by molar-refractivity contribution is 6.35. The Hall–Kier alpha value is -1.55. The number of ether oxygens (including phenoxy) is 1. The van der Waals surface area contributed by atoms with E-state index in [0.717, 1.165) is 67.2 Å². The Balaban J connectivity index is 1.40. The third-order valence-electron chi connectivity index (χ3n) is 6.48. The Morgan fingerprint density at radius 1 is 1.07 bits per heavy atom. The lowest BCUT2D eigenvalue weighted by molar-refractivity contribution is -0.147. The predicted octanol–water partition coefficient (Wildman–Crippen LogP) is 5.65. The molecule has 2 aromatic carbocycles. The molecular weight excluding hydrogens is 405 g/mol. The van der Waals surface area contributed by atoms with Gasteiger partial charge in [-0.2, -0.15) is 0 Å². The SMILES string of the molecule is COC(=O)C1CCN(C2CCc3cc(CCc4c(Cl)cccc4Cl)ccc32)CC1. The molecule has 1 atom stereocenters. The van der Waals surface area contributed by atoms with Gasteiger partial charge in [-0.05, 0) is 86.0 Å². The molecule has 0 bridgehead atoms. The Labute approximate surface area is 182 Å². The van der Waals surface area contributed by atoms with Crippen molar-refractivity contribution in [1.29, 1.82) is 0 Å². The number of halogens is 2. The van der Waals surface area contributed by atoms with Gasteiger partial charge < -0.3 is 4.74 Å². The maximum absolute atomic E-state index is 11.8. The van der Waals surface area contributed by atoms with Crippen molar-refractivity contribution in [2.75, 3.05) is 20.2 Å². The lowest BCUT2D eigenvalue weighted by Crippen LogP contribution is -2.38. The molecule has 0 N–H and O–H groups in total. The molecule has 1 fully saturated rings. The molecule has 1 saturated heterocycles. The van der Waals surface area contributed by atoms with Gasteiger partial charge in [-0.1, -0.05) is 47.5 Å². The van der Waals surface area contributed by atoms with E-state index in [4.69, 9.17) is 27.9 Å². The van der Waals surface area contributed by atoms with Crippen molar-refractivity contribution in [1.82, 2.24) is 4.90 Å². The molecule has 1 aliphatic carbocycles. The summed E-state index contributed by atoms with van der Waals surface area (Å²) in [6, 6.07) is 13.1. The number of hydrogen-bond donors (Lipinski definition) is 0. The lowest BCUT2D eigenvalue weighted by Gasteiger charge is -2.35. The molecule has 2 aliphatic rings. The van der Waals surface area contributed by atoms with Gasteiger partial charge >= 0.3 is 5.97 Å². The van der Waals surface area contributed by atoms with Crippen LogP contribution in [0.15, 0.2) is 36.4 Å². The number of rotatable bonds is 5. The standard InChI is InChI=1S/C24H27Cl2NO2/c1-29-24(28)17-11-13-27(14-12-17)23-10-7-18-15-16(5-8-19(18)23)6-9-20-21(25)3-2-4-22(20)26/h2-5,8,15,17,23H,6-7,9-14H2,1H3. The van der Waals surface area contributed by atoms with Gasteiger partial charge in [0.25, 0.3) is 0 Å². The van der Waals surface area contributed by atoms with Crippen LogP contribution < -0.4 is 0 Å². The van der Waals surface area contributed by atoms with Crippen LogP contribution in [0.25, 0.3) is 0 Å². The number of carbonyl (C=O) groups is 1. The summed E-state index contributed by atoms with van der Waals surface area (Å²) >= 11 is 12.6. The Bertz CT molecular complexity index is 870. The van der Waals surface area contributed by atoms with Crippen LogP contribution in [-0.4, -0.2) is 31.1 Å². The number of nitrogens with zero attached hydrogens (tertiary/aromatic N) is 1. The average molecular weight is 432 g/mol. The van der Waals surface area contributed by atoms with Gasteiger partial charge in [0.05, 0.1) is 13.0 Å². The van der Waals surface area contributed by atoms with E-state index in [0.29, 0.717) is 6.04 Å². The van der Waals surface area contributed by atoms with Crippen LogP contribution in [0.4, 0.5) is 0 Å². The molecule has 3 nitrogen and oxygen atoms in total. The first-order valence-electron chi connectivity index (χ1n) is 10.4. The van der Waals surface area contributed by atoms with Crippen molar-refractivity contribution in [2.24, 2.45) is 5.92 Å². The van der Waals surface area contributed by atoms with E-state index >= 15 is 0 Å². The van der Waals surface area contributed by atoms with Gasteiger partial charge in [0.2, 0.25) is 0 Å². The molecule has 1 aliphatic heterocycles. The summed E-state index contributed by atoms with van der Waals surface area (Å²) in [6.45, 7) is 1.94. The zero-order chi connectivity index (χ0) is 20.4. The molecule has 0 saturated carbocycles. The van der Waals surface area contributed by atoms with Crippen molar-refractivity contribution in [3.05, 3.63) is 68.7 Å². The molecular formula is C24H27Cl2NO2. The average Bonchev–Trinajstić information content (AvgIpc) is 3.16. The van der Waals surface area contributed by atoms with Crippen LogP contribution in [-0.2, 0) is 28.8 Å². The summed E-state index contributed by atoms with van der Waals surface area (Å²) in [7, 11) is 1.49. The Morgan fingerprint density at radius 2 is 1.79 bits per heavy atom. The van der Waals surface area contributed by atoms with Crippen molar-refractivity contribution in [2.45, 2.75) is 44.6 Å². The minimum absolute atomic E-state index is 0.0558. The minimum Gasteiger partial charge on any atom is -0.469 e. The molecule has 29 heavy (non-hydrogen) atoms. The number of likely N-dealkylation sites (tertiary alicyclic amines) is 1. The number of esters is 1. The molecule has 1 unspecified atom stereocenters. The first-order valence-corrected chi connectivity index (χ1v) is 11.2. The third-order valence-corrected chi connectivity index (χ3v) is 7.19. The second-order valence-corrected chi connectivity index (χ2v) is 8.94. The van der Waals surface area contributed by atoms with E-state index in [9.17, 15) is 4.79 Å². The summed E-state index contributed by atoms with van der Waals surface area (Å²) < 4.78 is 4.92. The number of benzene rings is 2. The highest BCUT2D eigenvalue weighted by Gasteiger charge is 2.33. The van der Waals surface area contributed by atoms with Gasteiger partial charge in [-0.25, -0.2) is 0 Å². The normalized spacial score (nSPS) is 19.9. The van der Waals surface area contributed by atoms with Crippen LogP contribution in [0.5, 0.6) is 0 Å². The smallest absolute Gasteiger partial charge is 0.308 e. The topological polar surface area (TPSA) is 29.5 Å². The number of piperidine rings is 1. The maximum atomic E-state index is 11.8. The molecule has 0 amide bonds. The first kappa shape index (κ1) is 20.7. The fourth-order valence-corrected chi connectivity index (χ4v) is 5.42. The van der Waals surface area contributed by atoms with Gasteiger partial charge in [-0.3, -0.25) is 9.69 Å². The quantitative estimate of drug-likeness (QED) is 0.572. The minimum atomic E-state index is -0.0558. The number of hydrogen-bond acceptors (Lipinski definition) is 3. The molecule has 2 aromatic rings. The van der Waals surface area contributed by atoms with Crippen LogP contribution >= 0.6 is 23.2 Å². The second-order valence-electron chi connectivity index (χ2n) is 8.12. The molecule has 0 radical (unpaired) electrons. The number of aryl methyl sites for hydroxylation is 2. The van der Waals surface area contributed by atoms with Gasteiger partial charge in [-0.15, -0.1) is 0 Å². The lowest BCUT2D eigenvalue weighted by atomic mass is 9.94. The fraction of sp³-hybridized carbons (Fsp3) is 0.458. The summed E-state index contributed by atoms with van der Waals surface area (Å²) in [6.07, 6.45) is 5.87. The highest BCUT2D eigenvalue weighted by atomic mass is 35.5. The molecule has 0 aromatic heterocycles. The van der Waals surface area contributed by atoms with E-state index in [1.54, 1.807) is 0 Å². The van der Waals surface area contributed by atoms with E-state index in [1.807, 2.05) is 18.2 Å². The van der Waals surface area contributed by atoms with E-state index in [-0.39, 0.29) is 11.9 Å².